The Bertz CT molecular complexity index is 802. The number of carboxylic acids is 2. The summed E-state index contributed by atoms with van der Waals surface area (Å²) in [5.41, 5.74) is 5.92. The molecule has 0 bridgehead atoms. The second kappa shape index (κ2) is 13.3. The Labute approximate surface area is 188 Å². The van der Waals surface area contributed by atoms with Crippen LogP contribution in [0.15, 0.2) is 12.5 Å². The Kier molecular flexibility index (Phi) is 11.2. The molecule has 0 aliphatic heterocycles. The molecule has 0 radical (unpaired) electrons. The number of nitrogens with zero attached hydrogens (tertiary/aromatic N) is 1. The number of carbonyl (C=O) groups excluding carboxylic acids is 3. The molecule has 13 nitrogen and oxygen atoms in total. The quantitative estimate of drug-likeness (QED) is 0.159. The standard InChI is InChI=1S/C18H28N6O7S/c1-9(19)15(27)23-13(6-14(25)26)17(29)24-12(5-10-7-20-8-21-10)16(28)22-11(18(30)31)3-4-32-2/h7-9,11-13H,3-6,19H2,1-2H3,(H,20,21)(H,22,28)(H,23,27)(H,24,29)(H,25,26)(H,30,31). The van der Waals surface area contributed by atoms with Crippen molar-refractivity contribution >= 4 is 41.4 Å². The molecule has 0 saturated carbocycles. The van der Waals surface area contributed by atoms with Gasteiger partial charge in [0.25, 0.3) is 0 Å². The molecule has 0 fully saturated rings. The Morgan fingerprint density at radius 3 is 2.16 bits per heavy atom. The van der Waals surface area contributed by atoms with Gasteiger partial charge >= 0.3 is 11.9 Å². The molecule has 1 rings (SSSR count). The minimum Gasteiger partial charge on any atom is -0.481 e. The van der Waals surface area contributed by atoms with Crippen LogP contribution in [0.4, 0.5) is 0 Å². The third-order valence-corrected chi connectivity index (χ3v) is 4.91. The summed E-state index contributed by atoms with van der Waals surface area (Å²) in [4.78, 5) is 66.6. The van der Waals surface area contributed by atoms with Crippen molar-refractivity contribution in [3.05, 3.63) is 18.2 Å². The number of aromatic amines is 1. The molecule has 0 aromatic carbocycles. The maximum Gasteiger partial charge on any atom is 0.326 e. The summed E-state index contributed by atoms with van der Waals surface area (Å²) in [7, 11) is 0. The third-order valence-electron chi connectivity index (χ3n) is 4.26. The molecule has 3 amide bonds. The highest BCUT2D eigenvalue weighted by atomic mass is 32.2. The smallest absolute Gasteiger partial charge is 0.326 e. The summed E-state index contributed by atoms with van der Waals surface area (Å²) < 4.78 is 0. The maximum atomic E-state index is 12.8. The van der Waals surface area contributed by atoms with E-state index in [0.717, 1.165) is 0 Å². The van der Waals surface area contributed by atoms with Gasteiger partial charge in [-0.2, -0.15) is 11.8 Å². The molecule has 0 spiro atoms. The maximum absolute atomic E-state index is 12.8. The summed E-state index contributed by atoms with van der Waals surface area (Å²) in [6.45, 7) is 1.36. The number of thioether (sulfide) groups is 1. The van der Waals surface area contributed by atoms with E-state index in [1.54, 1.807) is 6.26 Å². The average molecular weight is 473 g/mol. The number of nitrogens with one attached hydrogen (secondary N) is 4. The van der Waals surface area contributed by atoms with E-state index in [2.05, 4.69) is 25.9 Å². The summed E-state index contributed by atoms with van der Waals surface area (Å²) in [6, 6.07) is -4.92. The first-order chi connectivity index (χ1) is 15.0. The van der Waals surface area contributed by atoms with Gasteiger partial charge in [-0.25, -0.2) is 9.78 Å². The van der Waals surface area contributed by atoms with Crippen LogP contribution >= 0.6 is 11.8 Å². The zero-order chi connectivity index (χ0) is 24.3. The van der Waals surface area contributed by atoms with E-state index >= 15 is 0 Å². The van der Waals surface area contributed by atoms with E-state index in [9.17, 15) is 29.1 Å². The Hall–Kier alpha value is -3.13. The van der Waals surface area contributed by atoms with Gasteiger partial charge in [0.05, 0.1) is 18.8 Å². The molecule has 4 unspecified atom stereocenters. The molecular weight excluding hydrogens is 444 g/mol. The van der Waals surface area contributed by atoms with Crippen molar-refractivity contribution in [2.45, 2.75) is 50.4 Å². The van der Waals surface area contributed by atoms with Crippen molar-refractivity contribution in [2.24, 2.45) is 5.73 Å². The Balaban J connectivity index is 3.03. The highest BCUT2D eigenvalue weighted by Crippen LogP contribution is 2.05. The van der Waals surface area contributed by atoms with Crippen molar-refractivity contribution in [3.8, 4) is 0 Å². The van der Waals surface area contributed by atoms with Crippen molar-refractivity contribution in [1.29, 1.82) is 0 Å². The monoisotopic (exact) mass is 472 g/mol. The minimum atomic E-state index is -1.49. The van der Waals surface area contributed by atoms with Gasteiger partial charge in [-0.1, -0.05) is 0 Å². The largest absolute Gasteiger partial charge is 0.481 e. The number of nitrogens with two attached hydrogens (primary N) is 1. The first kappa shape index (κ1) is 26.9. The lowest BCUT2D eigenvalue weighted by atomic mass is 10.1. The second-order valence-corrected chi connectivity index (χ2v) is 7.96. The molecule has 0 aliphatic rings. The van der Waals surface area contributed by atoms with Gasteiger partial charge in [0.15, 0.2) is 0 Å². The average Bonchev–Trinajstić information content (AvgIpc) is 3.22. The molecule has 4 atom stereocenters. The van der Waals surface area contributed by atoms with E-state index < -0.39 is 60.2 Å². The molecule has 0 saturated heterocycles. The minimum absolute atomic E-state index is 0.0759. The van der Waals surface area contributed by atoms with Gasteiger partial charge in [-0.05, 0) is 25.4 Å². The Morgan fingerprint density at radius 1 is 1.06 bits per heavy atom. The van der Waals surface area contributed by atoms with Gasteiger partial charge in [-0.15, -0.1) is 0 Å². The lowest BCUT2D eigenvalue weighted by Crippen LogP contribution is -2.57. The zero-order valence-corrected chi connectivity index (χ0v) is 18.5. The van der Waals surface area contributed by atoms with E-state index in [1.807, 2.05) is 0 Å². The molecule has 8 N–H and O–H groups in total. The van der Waals surface area contributed by atoms with Crippen LogP contribution in [0, 0.1) is 0 Å². The van der Waals surface area contributed by atoms with Gasteiger partial charge in [0.1, 0.15) is 18.1 Å². The number of aromatic nitrogens is 2. The van der Waals surface area contributed by atoms with Crippen molar-refractivity contribution in [3.63, 3.8) is 0 Å². The van der Waals surface area contributed by atoms with E-state index in [-0.39, 0.29) is 12.8 Å². The summed E-state index contributed by atoms with van der Waals surface area (Å²) in [5.74, 6) is -4.56. The Morgan fingerprint density at radius 2 is 1.66 bits per heavy atom. The van der Waals surface area contributed by atoms with Crippen LogP contribution in [0.5, 0.6) is 0 Å². The van der Waals surface area contributed by atoms with Crippen molar-refractivity contribution in [2.75, 3.05) is 12.0 Å². The lowest BCUT2D eigenvalue weighted by Gasteiger charge is -2.24. The third kappa shape index (κ3) is 9.34. The van der Waals surface area contributed by atoms with Gasteiger partial charge in [-0.3, -0.25) is 19.2 Å². The fourth-order valence-corrected chi connectivity index (χ4v) is 3.02. The lowest BCUT2D eigenvalue weighted by molar-refractivity contribution is -0.143. The number of carboxylic acid groups (broad SMARTS) is 2. The highest BCUT2D eigenvalue weighted by Gasteiger charge is 2.31. The summed E-state index contributed by atoms with van der Waals surface area (Å²) in [6.07, 6.45) is 3.92. The number of carbonyl (C=O) groups is 5. The van der Waals surface area contributed by atoms with Crippen LogP contribution in [0.1, 0.15) is 25.5 Å². The van der Waals surface area contributed by atoms with Crippen LogP contribution in [0.25, 0.3) is 0 Å². The highest BCUT2D eigenvalue weighted by molar-refractivity contribution is 7.98. The van der Waals surface area contributed by atoms with Crippen LogP contribution in [0.3, 0.4) is 0 Å². The molecule has 1 aromatic heterocycles. The predicted octanol–water partition coefficient (Wildman–Crippen LogP) is -1.93. The SMILES string of the molecule is CSCCC(NC(=O)C(Cc1cnc[nH]1)NC(=O)C(CC(=O)O)NC(=O)C(C)N)C(=O)O. The molecular formula is C18H28N6O7S. The zero-order valence-electron chi connectivity index (χ0n) is 17.7. The number of amides is 3. The van der Waals surface area contributed by atoms with Crippen LogP contribution < -0.4 is 21.7 Å². The van der Waals surface area contributed by atoms with Crippen molar-refractivity contribution in [1.82, 2.24) is 25.9 Å². The first-order valence-corrected chi connectivity index (χ1v) is 11.0. The predicted molar refractivity (Wildman–Crippen MR) is 115 cm³/mol. The topological polar surface area (TPSA) is 217 Å². The van der Waals surface area contributed by atoms with Crippen LogP contribution in [-0.4, -0.2) is 86.0 Å². The number of hydrogen-bond acceptors (Lipinski definition) is 8. The molecule has 14 heteroatoms. The summed E-state index contributed by atoms with van der Waals surface area (Å²) >= 11 is 1.41. The second-order valence-electron chi connectivity index (χ2n) is 6.97. The van der Waals surface area contributed by atoms with Crippen LogP contribution in [0.2, 0.25) is 0 Å². The molecule has 0 aliphatic carbocycles. The number of rotatable bonds is 14. The first-order valence-electron chi connectivity index (χ1n) is 9.62. The fraction of sp³-hybridized carbons (Fsp3) is 0.556. The molecule has 32 heavy (non-hydrogen) atoms. The number of aliphatic carboxylic acids is 2. The molecule has 1 aromatic rings. The van der Waals surface area contributed by atoms with Crippen LogP contribution in [-0.2, 0) is 30.4 Å². The van der Waals surface area contributed by atoms with E-state index in [0.29, 0.717) is 11.4 Å². The van der Waals surface area contributed by atoms with E-state index in [4.69, 9.17) is 10.8 Å². The number of H-pyrrole nitrogens is 1. The van der Waals surface area contributed by atoms with Gasteiger partial charge in [0, 0.05) is 18.3 Å². The summed E-state index contributed by atoms with van der Waals surface area (Å²) in [5, 5.41) is 25.4. The number of hydrogen-bond donors (Lipinski definition) is 7. The van der Waals surface area contributed by atoms with Gasteiger partial charge < -0.3 is 36.9 Å². The fourth-order valence-electron chi connectivity index (χ4n) is 2.55. The van der Waals surface area contributed by atoms with Gasteiger partial charge in [0.2, 0.25) is 17.7 Å². The molecule has 178 valence electrons. The normalized spacial score (nSPS) is 14.5. The molecule has 1 heterocycles. The van der Waals surface area contributed by atoms with Crippen molar-refractivity contribution < 1.29 is 34.2 Å². The number of imidazole rings is 1. The van der Waals surface area contributed by atoms with E-state index in [1.165, 1.54) is 31.2 Å².